The maximum atomic E-state index is 12.2. The molecule has 2 aromatic carbocycles. The van der Waals surface area contributed by atoms with E-state index in [0.717, 1.165) is 16.5 Å². The lowest BCUT2D eigenvalue weighted by Gasteiger charge is -2.06. The molecule has 0 aliphatic carbocycles. The Kier molecular flexibility index (Phi) is 5.49. The number of ether oxygens (including phenoxy) is 1. The third-order valence-electron chi connectivity index (χ3n) is 4.05. The summed E-state index contributed by atoms with van der Waals surface area (Å²) in [6.07, 6.45) is 3.71. The molecular weight excluding hydrogens is 328 g/mol. The van der Waals surface area contributed by atoms with Crippen LogP contribution in [-0.4, -0.2) is 24.5 Å². The van der Waals surface area contributed by atoms with Crippen molar-refractivity contribution < 1.29 is 9.53 Å². The molecular formula is C21H20N2O3. The summed E-state index contributed by atoms with van der Waals surface area (Å²) in [6.45, 7) is 0.392. The normalized spacial score (nSPS) is 11.0. The molecule has 0 bridgehead atoms. The summed E-state index contributed by atoms with van der Waals surface area (Å²) in [5, 5.41) is 3.72. The molecule has 26 heavy (non-hydrogen) atoms. The minimum atomic E-state index is -0.184. The lowest BCUT2D eigenvalue weighted by atomic mass is 10.1. The molecule has 0 radical (unpaired) electrons. The Morgan fingerprint density at radius 2 is 1.96 bits per heavy atom. The highest BCUT2D eigenvalue weighted by Crippen LogP contribution is 2.18. The van der Waals surface area contributed by atoms with Crippen molar-refractivity contribution in [1.82, 2.24) is 10.3 Å². The van der Waals surface area contributed by atoms with Gasteiger partial charge in [-0.3, -0.25) is 9.59 Å². The van der Waals surface area contributed by atoms with E-state index in [1.165, 1.54) is 6.08 Å². The molecule has 0 saturated heterocycles. The second-order valence-electron chi connectivity index (χ2n) is 5.86. The number of hydrogen-bond donors (Lipinski definition) is 2. The first-order valence-electron chi connectivity index (χ1n) is 8.36. The van der Waals surface area contributed by atoms with Crippen LogP contribution in [0.15, 0.2) is 65.5 Å². The first-order valence-corrected chi connectivity index (χ1v) is 8.36. The van der Waals surface area contributed by atoms with Gasteiger partial charge < -0.3 is 15.0 Å². The number of nitrogens with one attached hydrogen (secondary N) is 2. The van der Waals surface area contributed by atoms with Crippen LogP contribution in [0.2, 0.25) is 0 Å². The maximum absolute atomic E-state index is 12.2. The van der Waals surface area contributed by atoms with Gasteiger partial charge in [0.2, 0.25) is 5.91 Å². The summed E-state index contributed by atoms with van der Waals surface area (Å²) < 4.78 is 5.16. The fraction of sp³-hybridized carbons (Fsp3) is 0.143. The minimum absolute atomic E-state index is 0.153. The van der Waals surface area contributed by atoms with Gasteiger partial charge >= 0.3 is 0 Å². The zero-order valence-electron chi connectivity index (χ0n) is 14.5. The van der Waals surface area contributed by atoms with E-state index in [2.05, 4.69) is 10.3 Å². The molecule has 5 heteroatoms. The molecule has 3 rings (SSSR count). The summed E-state index contributed by atoms with van der Waals surface area (Å²) in [7, 11) is 1.59. The summed E-state index contributed by atoms with van der Waals surface area (Å²) >= 11 is 0. The molecule has 0 spiro atoms. The highest BCUT2D eigenvalue weighted by molar-refractivity contribution is 5.91. The largest absolute Gasteiger partial charge is 0.497 e. The molecule has 3 aromatic rings. The number of hydrogen-bond acceptors (Lipinski definition) is 3. The van der Waals surface area contributed by atoms with Crippen molar-refractivity contribution in [1.29, 1.82) is 0 Å². The van der Waals surface area contributed by atoms with Crippen molar-refractivity contribution in [3.8, 4) is 5.75 Å². The third kappa shape index (κ3) is 4.39. The molecule has 1 aromatic heterocycles. The molecule has 0 saturated carbocycles. The molecule has 2 N–H and O–H groups in total. The molecule has 132 valence electrons. The number of fused-ring (bicyclic) bond motifs is 1. The van der Waals surface area contributed by atoms with Crippen molar-refractivity contribution in [2.45, 2.75) is 6.42 Å². The number of rotatable bonds is 6. The SMILES string of the molecule is COc1ccc2cc(CCNC(=O)/C=C/c3ccccc3)c(=O)[nH]c2c1. The van der Waals surface area contributed by atoms with Gasteiger partial charge in [-0.25, -0.2) is 0 Å². The van der Waals surface area contributed by atoms with Crippen molar-refractivity contribution in [2.75, 3.05) is 13.7 Å². The van der Waals surface area contributed by atoms with E-state index in [1.807, 2.05) is 48.5 Å². The van der Waals surface area contributed by atoms with E-state index >= 15 is 0 Å². The topological polar surface area (TPSA) is 71.2 Å². The number of carbonyl (C=O) groups is 1. The van der Waals surface area contributed by atoms with Gasteiger partial charge in [0.1, 0.15) is 5.75 Å². The molecule has 1 amide bonds. The summed E-state index contributed by atoms with van der Waals surface area (Å²) in [5.74, 6) is 0.508. The monoisotopic (exact) mass is 348 g/mol. The van der Waals surface area contributed by atoms with Gasteiger partial charge in [0.05, 0.1) is 12.6 Å². The lowest BCUT2D eigenvalue weighted by Crippen LogP contribution is -2.25. The zero-order chi connectivity index (χ0) is 18.4. The van der Waals surface area contributed by atoms with Crippen LogP contribution in [0.3, 0.4) is 0 Å². The van der Waals surface area contributed by atoms with Crippen LogP contribution in [-0.2, 0) is 11.2 Å². The number of amides is 1. The van der Waals surface area contributed by atoms with Crippen LogP contribution in [0.1, 0.15) is 11.1 Å². The first kappa shape index (κ1) is 17.5. The summed E-state index contributed by atoms with van der Waals surface area (Å²) in [6, 6.07) is 17.0. The Bertz CT molecular complexity index is 991. The molecule has 1 heterocycles. The number of pyridine rings is 1. The Hall–Kier alpha value is -3.34. The second kappa shape index (κ2) is 8.16. The van der Waals surface area contributed by atoms with E-state index in [4.69, 9.17) is 4.74 Å². The van der Waals surface area contributed by atoms with Crippen molar-refractivity contribution in [3.05, 3.63) is 82.2 Å². The van der Waals surface area contributed by atoms with Gasteiger partial charge in [-0.2, -0.15) is 0 Å². The maximum Gasteiger partial charge on any atom is 0.251 e. The number of benzene rings is 2. The van der Waals surface area contributed by atoms with E-state index in [1.54, 1.807) is 19.3 Å². The van der Waals surface area contributed by atoms with E-state index in [-0.39, 0.29) is 11.5 Å². The molecule has 0 aliphatic heterocycles. The average Bonchev–Trinajstić information content (AvgIpc) is 2.67. The molecule has 0 unspecified atom stereocenters. The average molecular weight is 348 g/mol. The predicted molar refractivity (Wildman–Crippen MR) is 103 cm³/mol. The van der Waals surface area contributed by atoms with Crippen LogP contribution in [0.4, 0.5) is 0 Å². The van der Waals surface area contributed by atoms with Crippen molar-refractivity contribution in [2.24, 2.45) is 0 Å². The fourth-order valence-electron chi connectivity index (χ4n) is 2.65. The van der Waals surface area contributed by atoms with E-state index < -0.39 is 0 Å². The van der Waals surface area contributed by atoms with Crippen LogP contribution in [0.25, 0.3) is 17.0 Å². The van der Waals surface area contributed by atoms with Crippen LogP contribution >= 0.6 is 0 Å². The Balaban J connectivity index is 1.61. The summed E-state index contributed by atoms with van der Waals surface area (Å²) in [4.78, 5) is 26.9. The molecule has 5 nitrogen and oxygen atoms in total. The van der Waals surface area contributed by atoms with Crippen LogP contribution in [0.5, 0.6) is 5.75 Å². The van der Waals surface area contributed by atoms with Crippen molar-refractivity contribution >= 4 is 22.9 Å². The van der Waals surface area contributed by atoms with Gasteiger partial charge in [0.15, 0.2) is 0 Å². The lowest BCUT2D eigenvalue weighted by molar-refractivity contribution is -0.116. The number of aromatic amines is 1. The summed E-state index contributed by atoms with van der Waals surface area (Å²) in [5.41, 5.74) is 2.17. The number of H-pyrrole nitrogens is 1. The van der Waals surface area contributed by atoms with Gasteiger partial charge in [0.25, 0.3) is 5.56 Å². The fourth-order valence-corrected chi connectivity index (χ4v) is 2.65. The highest BCUT2D eigenvalue weighted by atomic mass is 16.5. The van der Waals surface area contributed by atoms with Gasteiger partial charge in [0, 0.05) is 24.3 Å². The predicted octanol–water partition coefficient (Wildman–Crippen LogP) is 2.91. The molecule has 0 aliphatic rings. The number of methoxy groups -OCH3 is 1. The number of carbonyl (C=O) groups excluding carboxylic acids is 1. The van der Waals surface area contributed by atoms with E-state index in [9.17, 15) is 9.59 Å². The third-order valence-corrected chi connectivity index (χ3v) is 4.05. The van der Waals surface area contributed by atoms with Crippen molar-refractivity contribution in [3.63, 3.8) is 0 Å². The van der Waals surface area contributed by atoms with Gasteiger partial charge in [-0.15, -0.1) is 0 Å². The Morgan fingerprint density at radius 1 is 1.15 bits per heavy atom. The quantitative estimate of drug-likeness (QED) is 0.673. The van der Waals surface area contributed by atoms with Gasteiger partial charge in [-0.1, -0.05) is 30.3 Å². The van der Waals surface area contributed by atoms with E-state index in [0.29, 0.717) is 24.3 Å². The van der Waals surface area contributed by atoms with Crippen LogP contribution in [0, 0.1) is 0 Å². The first-order chi connectivity index (χ1) is 12.7. The van der Waals surface area contributed by atoms with Gasteiger partial charge in [-0.05, 0) is 41.6 Å². The second-order valence-corrected chi connectivity index (χ2v) is 5.86. The minimum Gasteiger partial charge on any atom is -0.497 e. The zero-order valence-corrected chi connectivity index (χ0v) is 14.5. The number of aromatic nitrogens is 1. The van der Waals surface area contributed by atoms with Crippen LogP contribution < -0.4 is 15.6 Å². The molecule has 0 atom stereocenters. The Morgan fingerprint density at radius 3 is 2.73 bits per heavy atom. The Labute approximate surface area is 151 Å². The molecule has 0 fully saturated rings. The highest BCUT2D eigenvalue weighted by Gasteiger charge is 2.05. The smallest absolute Gasteiger partial charge is 0.251 e. The standard InChI is InChI=1S/C21H20N2O3/c1-26-18-9-8-16-13-17(21(25)23-19(16)14-18)11-12-22-20(24)10-7-15-5-3-2-4-6-15/h2-10,13-14H,11-12H2,1H3,(H,22,24)(H,23,25)/b10-7+.